The maximum Gasteiger partial charge on any atom is 0.349 e. The van der Waals surface area contributed by atoms with Crippen LogP contribution in [0.1, 0.15) is 80.8 Å². The highest BCUT2D eigenvalue weighted by Gasteiger charge is 2.55. The maximum absolute atomic E-state index is 14.9. The number of hydrogen-bond donors (Lipinski definition) is 0. The molecular weight excluding hydrogens is 655 g/mol. The number of hydrogen-bond acceptors (Lipinski definition) is 5. The molecule has 3 aliphatic carbocycles. The van der Waals surface area contributed by atoms with Crippen molar-refractivity contribution < 1.29 is 45.8 Å². The number of rotatable bonds is 7. The number of Topliss-reactive ketones (excluding diaryl/α,β-unsaturated/α-hetero) is 1. The third-order valence-corrected chi connectivity index (χ3v) is 9.44. The average molecular weight is 685 g/mol. The van der Waals surface area contributed by atoms with Gasteiger partial charge in [0.05, 0.1) is 12.5 Å². The summed E-state index contributed by atoms with van der Waals surface area (Å²) in [6.07, 6.45) is 0. The van der Waals surface area contributed by atoms with E-state index >= 15 is 0 Å². The van der Waals surface area contributed by atoms with E-state index < -0.39 is 57.4 Å². The van der Waals surface area contributed by atoms with Crippen molar-refractivity contribution >= 4 is 11.8 Å². The summed E-state index contributed by atoms with van der Waals surface area (Å²) in [5, 5.41) is 0. The lowest BCUT2D eigenvalue weighted by Crippen LogP contribution is -2.47. The van der Waals surface area contributed by atoms with Crippen LogP contribution in [0.2, 0.25) is 0 Å². The fraction of sp³-hybridized carbons (Fsp3) is 0.200. The first-order valence-corrected chi connectivity index (χ1v) is 15.7. The normalized spacial score (nSPS) is 17.0. The predicted molar refractivity (Wildman–Crippen MR) is 174 cm³/mol. The largest absolute Gasteiger partial charge is 0.497 e. The van der Waals surface area contributed by atoms with Crippen molar-refractivity contribution in [3.05, 3.63) is 159 Å². The quantitative estimate of drug-likeness (QED) is 0.0428. The minimum absolute atomic E-state index is 0.104. The van der Waals surface area contributed by atoms with Gasteiger partial charge in [-0.25, -0.2) is 26.7 Å². The Morgan fingerprint density at radius 3 is 1.76 bits per heavy atom. The molecule has 2 bridgehead atoms. The average Bonchev–Trinajstić information content (AvgIpc) is 3.12. The van der Waals surface area contributed by atoms with Crippen molar-refractivity contribution in [1.82, 2.24) is 0 Å². The number of carbonyl (C=O) groups excluding carboxylic acids is 2. The zero-order chi connectivity index (χ0) is 35.7. The van der Waals surface area contributed by atoms with E-state index in [2.05, 4.69) is 0 Å². The van der Waals surface area contributed by atoms with Gasteiger partial charge in [-0.1, -0.05) is 69.3 Å². The summed E-state index contributed by atoms with van der Waals surface area (Å²) in [6.45, 7) is 5.20. The molecule has 0 saturated carbocycles. The number of ether oxygens (including phenoxy) is 3. The predicted octanol–water partition coefficient (Wildman–Crippen LogP) is 9.06. The topological polar surface area (TPSA) is 61.8 Å². The van der Waals surface area contributed by atoms with E-state index in [1.165, 1.54) is 19.2 Å². The Labute approximate surface area is 284 Å². The molecule has 0 saturated heterocycles. The lowest BCUT2D eigenvalue weighted by Gasteiger charge is -2.51. The van der Waals surface area contributed by atoms with E-state index in [-0.39, 0.29) is 18.1 Å². The van der Waals surface area contributed by atoms with Gasteiger partial charge in [0.25, 0.3) is 0 Å². The van der Waals surface area contributed by atoms with Crippen LogP contribution in [0.15, 0.2) is 84.9 Å². The Hall–Kier alpha value is -5.51. The van der Waals surface area contributed by atoms with Gasteiger partial charge in [0.2, 0.25) is 5.82 Å². The van der Waals surface area contributed by atoms with Crippen molar-refractivity contribution in [1.29, 1.82) is 0 Å². The van der Waals surface area contributed by atoms with Gasteiger partial charge < -0.3 is 14.2 Å². The van der Waals surface area contributed by atoms with Gasteiger partial charge >= 0.3 is 5.97 Å². The highest BCUT2D eigenvalue weighted by molar-refractivity contribution is 6.03. The summed E-state index contributed by atoms with van der Waals surface area (Å²) in [5.41, 5.74) is 0.482. The third kappa shape index (κ3) is 4.80. The molecule has 0 heterocycles. The second-order valence-corrected chi connectivity index (χ2v) is 13.3. The Kier molecular flexibility index (Phi) is 7.81. The van der Waals surface area contributed by atoms with Crippen LogP contribution in [-0.2, 0) is 5.41 Å². The fourth-order valence-electron chi connectivity index (χ4n) is 7.22. The van der Waals surface area contributed by atoms with E-state index in [0.29, 0.717) is 28.2 Å². The van der Waals surface area contributed by atoms with Gasteiger partial charge in [-0.3, -0.25) is 4.79 Å². The molecule has 0 N–H and O–H groups in total. The van der Waals surface area contributed by atoms with Crippen molar-refractivity contribution in [3.63, 3.8) is 0 Å². The molecule has 254 valence electrons. The first-order valence-electron chi connectivity index (χ1n) is 15.7. The number of carbonyl (C=O) groups is 2. The second-order valence-electron chi connectivity index (χ2n) is 13.3. The lowest BCUT2D eigenvalue weighted by molar-refractivity contribution is 0.0716. The molecule has 50 heavy (non-hydrogen) atoms. The molecule has 0 atom stereocenters. The number of methoxy groups -OCH3 is 1. The second kappa shape index (κ2) is 11.8. The van der Waals surface area contributed by atoms with Gasteiger partial charge in [0, 0.05) is 22.5 Å². The van der Waals surface area contributed by atoms with Crippen LogP contribution in [0.5, 0.6) is 17.2 Å². The van der Waals surface area contributed by atoms with E-state index in [1.54, 1.807) is 45.0 Å². The van der Waals surface area contributed by atoms with Crippen LogP contribution in [0, 0.1) is 34.5 Å². The molecule has 0 spiro atoms. The summed E-state index contributed by atoms with van der Waals surface area (Å²) < 4.78 is 89.5. The third-order valence-electron chi connectivity index (χ3n) is 9.44. The lowest BCUT2D eigenvalue weighted by atomic mass is 9.52. The molecule has 0 aliphatic heterocycles. The summed E-state index contributed by atoms with van der Waals surface area (Å²) in [4.78, 5) is 27.7. The Morgan fingerprint density at radius 1 is 0.700 bits per heavy atom. The van der Waals surface area contributed by atoms with Crippen molar-refractivity contribution in [2.45, 2.75) is 32.1 Å². The number of benzene rings is 5. The standard InChI is InChI=1S/C40H29F5O5/c1-39(2,3)37(46)24-17-18-27(50-38(47)30-32(41)34(43)36(45)35(44)33(30)42)31-29(24)28-22-9-5-7-11-25(22)40(31,26-12-8-6-10-23(26)28)19-49-21-15-13-20(48-4)14-16-21/h5-18,28H,19H2,1-4H3. The van der Waals surface area contributed by atoms with E-state index in [1.807, 2.05) is 48.5 Å². The minimum atomic E-state index is -2.40. The van der Waals surface area contributed by atoms with E-state index in [0.717, 1.165) is 22.3 Å². The van der Waals surface area contributed by atoms with Crippen LogP contribution in [0.4, 0.5) is 22.0 Å². The van der Waals surface area contributed by atoms with Gasteiger partial charge in [0.15, 0.2) is 29.1 Å². The molecular formula is C40H29F5O5. The van der Waals surface area contributed by atoms with Crippen LogP contribution in [-0.4, -0.2) is 25.5 Å². The molecule has 10 heteroatoms. The SMILES string of the molecule is COc1ccc(OCC23c4ccccc4C(c4ccccc42)c2c(C(=O)C(C)(C)C)ccc(OC(=O)c4c(F)c(F)c(F)c(F)c4F)c23)cc1. The first-order chi connectivity index (χ1) is 23.8. The number of esters is 1. The molecule has 0 amide bonds. The highest BCUT2D eigenvalue weighted by atomic mass is 19.2. The van der Waals surface area contributed by atoms with Crippen molar-refractivity contribution in [3.8, 4) is 17.2 Å². The minimum Gasteiger partial charge on any atom is -0.497 e. The van der Waals surface area contributed by atoms with E-state index in [4.69, 9.17) is 14.2 Å². The number of halogens is 5. The van der Waals surface area contributed by atoms with Crippen molar-refractivity contribution in [2.75, 3.05) is 13.7 Å². The fourth-order valence-corrected chi connectivity index (χ4v) is 7.22. The first kappa shape index (κ1) is 33.0. The van der Waals surface area contributed by atoms with Gasteiger partial charge in [-0.2, -0.15) is 0 Å². The van der Waals surface area contributed by atoms with Crippen LogP contribution in [0.3, 0.4) is 0 Å². The molecule has 0 aromatic heterocycles. The maximum atomic E-state index is 14.9. The smallest absolute Gasteiger partial charge is 0.349 e. The van der Waals surface area contributed by atoms with E-state index in [9.17, 15) is 31.5 Å². The highest BCUT2D eigenvalue weighted by Crippen LogP contribution is 2.62. The van der Waals surface area contributed by atoms with Gasteiger partial charge in [0.1, 0.15) is 29.4 Å². The van der Waals surface area contributed by atoms with Crippen LogP contribution < -0.4 is 14.2 Å². The summed E-state index contributed by atoms with van der Waals surface area (Å²) in [6, 6.07) is 24.8. The summed E-state index contributed by atoms with van der Waals surface area (Å²) in [5.74, 6) is -13.4. The molecule has 8 rings (SSSR count). The number of ketones is 1. The zero-order valence-corrected chi connectivity index (χ0v) is 27.3. The Balaban J connectivity index is 1.51. The summed E-state index contributed by atoms with van der Waals surface area (Å²) in [7, 11) is 1.53. The zero-order valence-electron chi connectivity index (χ0n) is 27.3. The molecule has 5 aromatic rings. The Bertz CT molecular complexity index is 2150. The van der Waals surface area contributed by atoms with Gasteiger partial charge in [-0.05, 0) is 64.2 Å². The summed E-state index contributed by atoms with van der Waals surface area (Å²) >= 11 is 0. The Morgan fingerprint density at radius 2 is 1.22 bits per heavy atom. The molecule has 5 aromatic carbocycles. The van der Waals surface area contributed by atoms with Crippen molar-refractivity contribution in [2.24, 2.45) is 5.41 Å². The molecule has 3 aliphatic rings. The molecule has 5 nitrogen and oxygen atoms in total. The molecule has 0 unspecified atom stereocenters. The monoisotopic (exact) mass is 684 g/mol. The molecule has 0 radical (unpaired) electrons. The van der Waals surface area contributed by atoms with Gasteiger partial charge in [-0.15, -0.1) is 0 Å². The van der Waals surface area contributed by atoms with Crippen LogP contribution in [0.25, 0.3) is 0 Å². The molecule has 0 fully saturated rings. The van der Waals surface area contributed by atoms with Crippen LogP contribution >= 0.6 is 0 Å².